The lowest BCUT2D eigenvalue weighted by molar-refractivity contribution is -0.141. The maximum Gasteiger partial charge on any atom is 0.340 e. The molecule has 0 radical (unpaired) electrons. The van der Waals surface area contributed by atoms with E-state index < -0.39 is 20.7 Å². The maximum absolute atomic E-state index is 12.8. The summed E-state index contributed by atoms with van der Waals surface area (Å²) < 4.78 is 30.6. The zero-order valence-electron chi connectivity index (χ0n) is 11.8. The van der Waals surface area contributed by atoms with Crippen molar-refractivity contribution in [1.29, 1.82) is 0 Å². The second-order valence-corrected chi connectivity index (χ2v) is 7.22. The summed E-state index contributed by atoms with van der Waals surface area (Å²) in [6.07, 6.45) is 2.22. The van der Waals surface area contributed by atoms with Crippen molar-refractivity contribution in [2.45, 2.75) is 35.4 Å². The number of aliphatic carboxylic acids is 1. The summed E-state index contributed by atoms with van der Waals surface area (Å²) in [5, 5.41) is 12.3. The van der Waals surface area contributed by atoms with Crippen molar-refractivity contribution in [3.63, 3.8) is 0 Å². The summed E-state index contributed by atoms with van der Waals surface area (Å²) in [7, 11) is -2.56. The number of hydrogen-bond acceptors (Lipinski definition) is 5. The molecule has 0 aromatic heterocycles. The Morgan fingerprint density at radius 2 is 1.90 bits per heavy atom. The minimum Gasteiger partial charge on any atom is -0.497 e. The van der Waals surface area contributed by atoms with Crippen molar-refractivity contribution in [1.82, 2.24) is 5.32 Å². The number of benzene rings is 1. The number of carboxylic acid groups (broad SMARTS) is 1. The predicted molar refractivity (Wildman–Crippen MR) is 77.0 cm³/mol. The zero-order chi connectivity index (χ0) is 15.5. The van der Waals surface area contributed by atoms with E-state index >= 15 is 0 Å². The van der Waals surface area contributed by atoms with Gasteiger partial charge in [-0.25, -0.2) is 13.2 Å². The van der Waals surface area contributed by atoms with E-state index in [4.69, 9.17) is 4.74 Å². The van der Waals surface area contributed by atoms with E-state index in [1.165, 1.54) is 31.4 Å². The molecule has 7 heteroatoms. The van der Waals surface area contributed by atoms with Crippen LogP contribution in [0.4, 0.5) is 0 Å². The molecule has 116 valence electrons. The number of rotatable bonds is 4. The molecule has 0 aliphatic carbocycles. The number of nitrogens with one attached hydrogen (secondary N) is 1. The predicted octanol–water partition coefficient (Wildman–Crippen LogP) is 1.41. The van der Waals surface area contributed by atoms with Crippen LogP contribution in [0.2, 0.25) is 0 Å². The lowest BCUT2D eigenvalue weighted by Crippen LogP contribution is -2.57. The van der Waals surface area contributed by atoms with Crippen molar-refractivity contribution < 1.29 is 23.1 Å². The Morgan fingerprint density at radius 1 is 1.24 bits per heavy atom. The Labute approximate surface area is 124 Å². The van der Waals surface area contributed by atoms with Gasteiger partial charge in [0.25, 0.3) is 0 Å². The molecule has 1 aliphatic heterocycles. The summed E-state index contributed by atoms with van der Waals surface area (Å²) in [4.78, 5) is 9.75. The van der Waals surface area contributed by atoms with Gasteiger partial charge in [0.15, 0.2) is 0 Å². The first-order valence-electron chi connectivity index (χ1n) is 6.81. The summed E-state index contributed by atoms with van der Waals surface area (Å²) in [5.41, 5.74) is 0. The first kappa shape index (κ1) is 15.8. The van der Waals surface area contributed by atoms with Crippen LogP contribution in [0.3, 0.4) is 0 Å². The van der Waals surface area contributed by atoms with Gasteiger partial charge in [0.2, 0.25) is 14.7 Å². The molecule has 1 saturated heterocycles. The van der Waals surface area contributed by atoms with Gasteiger partial charge in [-0.05, 0) is 50.1 Å². The van der Waals surface area contributed by atoms with Crippen LogP contribution in [0, 0.1) is 0 Å². The fourth-order valence-electron chi connectivity index (χ4n) is 2.54. The molecule has 1 aliphatic rings. The van der Waals surface area contributed by atoms with Gasteiger partial charge in [0.05, 0.1) is 12.0 Å². The van der Waals surface area contributed by atoms with E-state index in [-0.39, 0.29) is 11.3 Å². The van der Waals surface area contributed by atoms with Gasteiger partial charge >= 0.3 is 5.97 Å². The molecular weight excluding hydrogens is 294 g/mol. The van der Waals surface area contributed by atoms with Gasteiger partial charge in [-0.15, -0.1) is 0 Å². The Morgan fingerprint density at radius 3 is 2.48 bits per heavy atom. The van der Waals surface area contributed by atoms with Gasteiger partial charge in [-0.2, -0.15) is 0 Å². The topological polar surface area (TPSA) is 92.7 Å². The molecule has 1 unspecified atom stereocenters. The van der Waals surface area contributed by atoms with E-state index in [0.29, 0.717) is 18.7 Å². The zero-order valence-corrected chi connectivity index (χ0v) is 12.6. The minimum atomic E-state index is -4.04. The third-order valence-electron chi connectivity index (χ3n) is 3.79. The van der Waals surface area contributed by atoms with Crippen LogP contribution in [-0.2, 0) is 14.6 Å². The average Bonchev–Trinajstić information content (AvgIpc) is 2.74. The van der Waals surface area contributed by atoms with Crippen LogP contribution in [0.1, 0.15) is 25.7 Å². The lowest BCUT2D eigenvalue weighted by atomic mass is 10.1. The molecule has 1 fully saturated rings. The van der Waals surface area contributed by atoms with Crippen molar-refractivity contribution in [2.75, 3.05) is 13.7 Å². The van der Waals surface area contributed by atoms with E-state index in [1.807, 2.05) is 0 Å². The SMILES string of the molecule is COc1ccc(S(=O)(=O)C2(C(=O)O)CCCCCN2)cc1. The molecular formula is C14H19NO5S. The van der Waals surface area contributed by atoms with Crippen LogP contribution in [0.25, 0.3) is 0 Å². The number of hydrogen-bond donors (Lipinski definition) is 2. The molecule has 6 nitrogen and oxygen atoms in total. The van der Waals surface area contributed by atoms with Gasteiger partial charge in [-0.1, -0.05) is 6.42 Å². The first-order chi connectivity index (χ1) is 9.94. The Kier molecular flexibility index (Phi) is 4.53. The van der Waals surface area contributed by atoms with Crippen LogP contribution in [0.15, 0.2) is 29.2 Å². The van der Waals surface area contributed by atoms with E-state index in [2.05, 4.69) is 5.32 Å². The Bertz CT molecular complexity index is 601. The van der Waals surface area contributed by atoms with Crippen LogP contribution in [-0.4, -0.2) is 38.0 Å². The lowest BCUT2D eigenvalue weighted by Gasteiger charge is -2.28. The standard InChI is InChI=1S/C14H19NO5S/c1-20-11-5-7-12(8-6-11)21(18,19)14(13(16)17)9-3-2-4-10-15-14/h5-8,15H,2-4,9-10H2,1H3,(H,16,17). The molecule has 0 spiro atoms. The van der Waals surface area contributed by atoms with Gasteiger partial charge in [0.1, 0.15) is 5.75 Å². The monoisotopic (exact) mass is 313 g/mol. The second kappa shape index (κ2) is 6.03. The quantitative estimate of drug-likeness (QED) is 0.873. The molecule has 1 aromatic rings. The molecule has 0 saturated carbocycles. The first-order valence-corrected chi connectivity index (χ1v) is 8.29. The highest BCUT2D eigenvalue weighted by atomic mass is 32.2. The molecule has 0 amide bonds. The van der Waals surface area contributed by atoms with Crippen LogP contribution in [0.5, 0.6) is 5.75 Å². The largest absolute Gasteiger partial charge is 0.497 e. The van der Waals surface area contributed by atoms with E-state index in [9.17, 15) is 18.3 Å². The van der Waals surface area contributed by atoms with Crippen molar-refractivity contribution in [3.8, 4) is 5.75 Å². The molecule has 1 atom stereocenters. The number of carboxylic acids is 1. The van der Waals surface area contributed by atoms with Crippen LogP contribution >= 0.6 is 0 Å². The average molecular weight is 313 g/mol. The molecule has 2 N–H and O–H groups in total. The second-order valence-electron chi connectivity index (χ2n) is 5.05. The van der Waals surface area contributed by atoms with E-state index in [1.54, 1.807) is 0 Å². The molecule has 1 aromatic carbocycles. The number of sulfone groups is 1. The van der Waals surface area contributed by atoms with Crippen molar-refractivity contribution in [2.24, 2.45) is 0 Å². The number of carbonyl (C=O) groups is 1. The molecule has 2 rings (SSSR count). The van der Waals surface area contributed by atoms with Gasteiger partial charge in [0, 0.05) is 0 Å². The van der Waals surface area contributed by atoms with Gasteiger partial charge < -0.3 is 9.84 Å². The summed E-state index contributed by atoms with van der Waals surface area (Å²) in [5.74, 6) is -0.827. The number of ether oxygens (including phenoxy) is 1. The smallest absolute Gasteiger partial charge is 0.340 e. The minimum absolute atomic E-state index is 0.0138. The highest BCUT2D eigenvalue weighted by molar-refractivity contribution is 7.93. The third-order valence-corrected chi connectivity index (χ3v) is 6.12. The Hall–Kier alpha value is -1.60. The summed E-state index contributed by atoms with van der Waals surface area (Å²) >= 11 is 0. The third kappa shape index (κ3) is 2.75. The maximum atomic E-state index is 12.8. The summed E-state index contributed by atoms with van der Waals surface area (Å²) in [6, 6.07) is 5.79. The molecule has 0 bridgehead atoms. The highest BCUT2D eigenvalue weighted by Gasteiger charge is 2.51. The summed E-state index contributed by atoms with van der Waals surface area (Å²) in [6.45, 7) is 0.377. The fourth-order valence-corrected chi connectivity index (χ4v) is 4.37. The fraction of sp³-hybridized carbons (Fsp3) is 0.500. The van der Waals surface area contributed by atoms with Crippen LogP contribution < -0.4 is 10.1 Å². The number of methoxy groups -OCH3 is 1. The van der Waals surface area contributed by atoms with Crippen molar-refractivity contribution in [3.05, 3.63) is 24.3 Å². The molecule has 1 heterocycles. The highest BCUT2D eigenvalue weighted by Crippen LogP contribution is 2.31. The Balaban J connectivity index is 2.48. The normalized spacial score (nSPS) is 23.3. The van der Waals surface area contributed by atoms with Crippen molar-refractivity contribution >= 4 is 15.8 Å². The molecule has 21 heavy (non-hydrogen) atoms. The van der Waals surface area contributed by atoms with E-state index in [0.717, 1.165) is 12.8 Å². The van der Waals surface area contributed by atoms with Gasteiger partial charge in [-0.3, -0.25) is 5.32 Å².